The summed E-state index contributed by atoms with van der Waals surface area (Å²) in [7, 11) is 2.97. The zero-order valence-electron chi connectivity index (χ0n) is 23.8. The number of hydrogen-bond acceptors (Lipinski definition) is 8. The SMILES string of the molecule is COC(=O)c1cc(OC(F)F)c2nc(CN3CCC(c4cccc(OCc5ccc(Cl)cc5OC(F)F)n4)CC3)n(C)c2c1. The van der Waals surface area contributed by atoms with E-state index in [0.29, 0.717) is 29.3 Å². The average molecular weight is 637 g/mol. The molecule has 9 nitrogen and oxygen atoms in total. The second-order valence-electron chi connectivity index (χ2n) is 10.2. The number of halogens is 5. The van der Waals surface area contributed by atoms with Crippen LogP contribution in [0.4, 0.5) is 17.6 Å². The van der Waals surface area contributed by atoms with E-state index in [1.165, 1.54) is 19.2 Å². The molecule has 1 saturated heterocycles. The molecule has 4 aromatic rings. The Morgan fingerprint density at radius 1 is 1.00 bits per heavy atom. The highest BCUT2D eigenvalue weighted by molar-refractivity contribution is 6.30. The van der Waals surface area contributed by atoms with Gasteiger partial charge in [0.05, 0.1) is 24.7 Å². The lowest BCUT2D eigenvalue weighted by atomic mass is 9.93. The Morgan fingerprint density at radius 3 is 2.43 bits per heavy atom. The number of piperidine rings is 1. The van der Waals surface area contributed by atoms with Crippen molar-refractivity contribution in [1.29, 1.82) is 0 Å². The van der Waals surface area contributed by atoms with E-state index in [2.05, 4.69) is 24.3 Å². The van der Waals surface area contributed by atoms with Crippen molar-refractivity contribution >= 4 is 28.6 Å². The van der Waals surface area contributed by atoms with Crippen molar-refractivity contribution in [3.63, 3.8) is 0 Å². The second-order valence-corrected chi connectivity index (χ2v) is 10.6. The number of aryl methyl sites for hydroxylation is 1. The van der Waals surface area contributed by atoms with Crippen molar-refractivity contribution in [3.05, 3.63) is 76.2 Å². The van der Waals surface area contributed by atoms with Gasteiger partial charge < -0.3 is 23.5 Å². The molecular formula is C30H29ClF4N4O5. The number of aromatic nitrogens is 3. The third-order valence-corrected chi connectivity index (χ3v) is 7.65. The highest BCUT2D eigenvalue weighted by Crippen LogP contribution is 2.32. The summed E-state index contributed by atoms with van der Waals surface area (Å²) in [6.07, 6.45) is 1.60. The van der Waals surface area contributed by atoms with Crippen LogP contribution < -0.4 is 14.2 Å². The molecule has 2 aromatic carbocycles. The molecule has 1 aliphatic heterocycles. The van der Waals surface area contributed by atoms with Crippen molar-refractivity contribution < 1.29 is 41.3 Å². The van der Waals surface area contributed by atoms with Gasteiger partial charge in [0.25, 0.3) is 0 Å². The van der Waals surface area contributed by atoms with Crippen LogP contribution in [0.3, 0.4) is 0 Å². The fraction of sp³-hybridized carbons (Fsp3) is 0.367. The molecule has 234 valence electrons. The molecule has 0 bridgehead atoms. The van der Waals surface area contributed by atoms with Gasteiger partial charge in [-0.3, -0.25) is 4.90 Å². The number of nitrogens with zero attached hydrogens (tertiary/aromatic N) is 4. The normalized spacial score (nSPS) is 14.4. The van der Waals surface area contributed by atoms with Gasteiger partial charge in [-0.25, -0.2) is 14.8 Å². The van der Waals surface area contributed by atoms with Crippen LogP contribution in [0.25, 0.3) is 11.0 Å². The smallest absolute Gasteiger partial charge is 0.387 e. The summed E-state index contributed by atoms with van der Waals surface area (Å²) in [5.74, 6) is 0.228. The minimum absolute atomic E-state index is 0.0304. The predicted molar refractivity (Wildman–Crippen MR) is 153 cm³/mol. The molecule has 0 amide bonds. The number of likely N-dealkylation sites (tertiary alicyclic amines) is 1. The van der Waals surface area contributed by atoms with E-state index >= 15 is 0 Å². The van der Waals surface area contributed by atoms with Gasteiger partial charge in [0, 0.05) is 35.3 Å². The molecule has 0 saturated carbocycles. The van der Waals surface area contributed by atoms with Crippen molar-refractivity contribution in [3.8, 4) is 17.4 Å². The Bertz CT molecular complexity index is 1630. The van der Waals surface area contributed by atoms with E-state index in [1.807, 2.05) is 12.1 Å². The summed E-state index contributed by atoms with van der Waals surface area (Å²) in [6, 6.07) is 12.7. The zero-order chi connectivity index (χ0) is 31.4. The Balaban J connectivity index is 1.23. The van der Waals surface area contributed by atoms with E-state index in [-0.39, 0.29) is 40.1 Å². The minimum Gasteiger partial charge on any atom is -0.473 e. The summed E-state index contributed by atoms with van der Waals surface area (Å²) in [5.41, 5.74) is 2.05. The average Bonchev–Trinajstić information content (AvgIpc) is 3.31. The number of methoxy groups -OCH3 is 1. The van der Waals surface area contributed by atoms with Gasteiger partial charge in [-0.2, -0.15) is 17.6 Å². The predicted octanol–water partition coefficient (Wildman–Crippen LogP) is 6.57. The van der Waals surface area contributed by atoms with Crippen LogP contribution in [-0.2, 0) is 24.9 Å². The quantitative estimate of drug-likeness (QED) is 0.135. The molecule has 14 heteroatoms. The number of carbonyl (C=O) groups excluding carboxylic acids is 1. The van der Waals surface area contributed by atoms with E-state index in [9.17, 15) is 22.4 Å². The molecule has 5 rings (SSSR count). The first-order chi connectivity index (χ1) is 21.1. The number of imidazole rings is 1. The number of benzene rings is 2. The Hall–Kier alpha value is -4.10. The highest BCUT2D eigenvalue weighted by atomic mass is 35.5. The van der Waals surface area contributed by atoms with Crippen LogP contribution in [0.15, 0.2) is 48.5 Å². The lowest BCUT2D eigenvalue weighted by molar-refractivity contribution is -0.0510. The topological polar surface area (TPSA) is 87.9 Å². The number of carbonyl (C=O) groups is 1. The second kappa shape index (κ2) is 13.7. The van der Waals surface area contributed by atoms with E-state index in [1.54, 1.807) is 35.9 Å². The third kappa shape index (κ3) is 7.33. The maximum Gasteiger partial charge on any atom is 0.387 e. The summed E-state index contributed by atoms with van der Waals surface area (Å²) < 4.78 is 73.4. The maximum atomic E-state index is 13.1. The van der Waals surface area contributed by atoms with Gasteiger partial charge in [-0.15, -0.1) is 0 Å². The lowest BCUT2D eigenvalue weighted by Gasteiger charge is -2.31. The van der Waals surface area contributed by atoms with Gasteiger partial charge >= 0.3 is 19.2 Å². The highest BCUT2D eigenvalue weighted by Gasteiger charge is 2.25. The number of hydrogen-bond donors (Lipinski definition) is 0. The van der Waals surface area contributed by atoms with Gasteiger partial charge in [0.2, 0.25) is 5.88 Å². The maximum absolute atomic E-state index is 13.1. The molecule has 3 heterocycles. The molecule has 44 heavy (non-hydrogen) atoms. The third-order valence-electron chi connectivity index (χ3n) is 7.42. The largest absolute Gasteiger partial charge is 0.473 e. The summed E-state index contributed by atoms with van der Waals surface area (Å²) in [6.45, 7) is -4.19. The van der Waals surface area contributed by atoms with Crippen LogP contribution in [0.1, 0.15) is 46.2 Å². The lowest BCUT2D eigenvalue weighted by Crippen LogP contribution is -2.33. The Labute approximate surface area is 255 Å². The van der Waals surface area contributed by atoms with Gasteiger partial charge in [-0.1, -0.05) is 23.7 Å². The molecule has 0 radical (unpaired) electrons. The van der Waals surface area contributed by atoms with Crippen molar-refractivity contribution in [2.24, 2.45) is 7.05 Å². The molecular weight excluding hydrogens is 608 g/mol. The van der Waals surface area contributed by atoms with Crippen LogP contribution in [0.2, 0.25) is 5.02 Å². The van der Waals surface area contributed by atoms with Crippen LogP contribution in [0.5, 0.6) is 17.4 Å². The Morgan fingerprint density at radius 2 is 1.73 bits per heavy atom. The van der Waals surface area contributed by atoms with E-state index in [4.69, 9.17) is 21.1 Å². The summed E-state index contributed by atoms with van der Waals surface area (Å²) in [4.78, 5) is 23.5. The first kappa shape index (κ1) is 31.3. The van der Waals surface area contributed by atoms with E-state index < -0.39 is 19.2 Å². The number of alkyl halides is 4. The molecule has 0 unspecified atom stereocenters. The number of rotatable bonds is 11. The number of pyridine rings is 1. The zero-order valence-corrected chi connectivity index (χ0v) is 24.6. The van der Waals surface area contributed by atoms with Crippen molar-refractivity contribution in [1.82, 2.24) is 19.4 Å². The fourth-order valence-electron chi connectivity index (χ4n) is 5.20. The van der Waals surface area contributed by atoms with Gasteiger partial charge in [-0.05, 0) is 56.3 Å². The number of esters is 1. The molecule has 0 N–H and O–H groups in total. The van der Waals surface area contributed by atoms with Crippen LogP contribution in [0, 0.1) is 0 Å². The first-order valence-electron chi connectivity index (χ1n) is 13.7. The number of fused-ring (bicyclic) bond motifs is 1. The monoisotopic (exact) mass is 636 g/mol. The summed E-state index contributed by atoms with van der Waals surface area (Å²) in [5, 5.41) is 0.269. The van der Waals surface area contributed by atoms with Gasteiger partial charge in [0.15, 0.2) is 5.75 Å². The molecule has 1 aliphatic rings. The first-order valence-corrected chi connectivity index (χ1v) is 14.1. The molecule has 0 atom stereocenters. The Kier molecular flexibility index (Phi) is 9.74. The van der Waals surface area contributed by atoms with Crippen LogP contribution >= 0.6 is 11.6 Å². The minimum atomic E-state index is -3.08. The molecule has 0 spiro atoms. The summed E-state index contributed by atoms with van der Waals surface area (Å²) >= 11 is 5.92. The number of ether oxygens (including phenoxy) is 4. The molecule has 0 aliphatic carbocycles. The fourth-order valence-corrected chi connectivity index (χ4v) is 5.36. The van der Waals surface area contributed by atoms with Crippen molar-refractivity contribution in [2.75, 3.05) is 20.2 Å². The standard InChI is InChI=1S/C30H29ClF4N4O5/c1-38-22-12-19(28(40)41-2)13-24(44-30(34)35)27(22)37-25(38)15-39-10-8-17(9-11-39)21-4-3-5-26(36-21)42-16-18-6-7-20(31)14-23(18)43-29(32)33/h3-7,12-14,17,29-30H,8-11,15-16H2,1-2H3. The van der Waals surface area contributed by atoms with Crippen molar-refractivity contribution in [2.45, 2.75) is 45.1 Å². The van der Waals surface area contributed by atoms with Crippen LogP contribution in [-0.4, -0.2) is 58.8 Å². The molecule has 2 aromatic heterocycles. The molecule has 1 fully saturated rings. The van der Waals surface area contributed by atoms with Gasteiger partial charge in [0.1, 0.15) is 23.7 Å². The van der Waals surface area contributed by atoms with E-state index in [0.717, 1.165) is 31.6 Å².